The largest absolute Gasteiger partial charge is 0.388 e. The van der Waals surface area contributed by atoms with Gasteiger partial charge in [0.15, 0.2) is 0 Å². The van der Waals surface area contributed by atoms with Gasteiger partial charge in [0.2, 0.25) is 0 Å². The first-order chi connectivity index (χ1) is 5.92. The third-order valence-corrected chi connectivity index (χ3v) is 2.11. The van der Waals surface area contributed by atoms with Gasteiger partial charge in [-0.25, -0.2) is 4.98 Å². The summed E-state index contributed by atoms with van der Waals surface area (Å²) in [6.45, 7) is 0.792. The van der Waals surface area contributed by atoms with Crippen LogP contribution in [-0.4, -0.2) is 21.3 Å². The van der Waals surface area contributed by atoms with E-state index in [1.807, 2.05) is 10.8 Å². The van der Waals surface area contributed by atoms with E-state index < -0.39 is 0 Å². The summed E-state index contributed by atoms with van der Waals surface area (Å²) in [6.07, 6.45) is 5.74. The molecule has 0 aliphatic carbocycles. The number of hydrogen-bond donors (Lipinski definition) is 1. The molecular formula is C8H12N2O2. The first-order valence-electron chi connectivity index (χ1n) is 4.16. The number of hydrogen-bond acceptors (Lipinski definition) is 3. The summed E-state index contributed by atoms with van der Waals surface area (Å²) in [7, 11) is 0. The molecule has 2 heterocycles. The highest BCUT2D eigenvalue weighted by Crippen LogP contribution is 2.23. The van der Waals surface area contributed by atoms with E-state index in [1.165, 1.54) is 0 Å². The van der Waals surface area contributed by atoms with Gasteiger partial charge in [-0.05, 0) is 12.8 Å². The predicted molar refractivity (Wildman–Crippen MR) is 42.4 cm³/mol. The van der Waals surface area contributed by atoms with E-state index >= 15 is 0 Å². The second-order valence-corrected chi connectivity index (χ2v) is 2.88. The highest BCUT2D eigenvalue weighted by atomic mass is 16.5. The fraction of sp³-hybridized carbons (Fsp3) is 0.625. The third-order valence-electron chi connectivity index (χ3n) is 2.11. The molecular weight excluding hydrogens is 156 g/mol. The van der Waals surface area contributed by atoms with Crippen LogP contribution in [0.2, 0.25) is 0 Å². The van der Waals surface area contributed by atoms with Crippen LogP contribution in [0.25, 0.3) is 0 Å². The van der Waals surface area contributed by atoms with Crippen molar-refractivity contribution in [3.05, 3.63) is 18.2 Å². The first-order valence-corrected chi connectivity index (χ1v) is 4.16. The molecule has 0 spiro atoms. The van der Waals surface area contributed by atoms with Gasteiger partial charge in [0, 0.05) is 19.0 Å². The van der Waals surface area contributed by atoms with Crippen LogP contribution in [-0.2, 0) is 11.3 Å². The molecule has 1 atom stereocenters. The van der Waals surface area contributed by atoms with Crippen LogP contribution >= 0.6 is 0 Å². The molecule has 2 rings (SSSR count). The molecule has 1 fully saturated rings. The van der Waals surface area contributed by atoms with Gasteiger partial charge >= 0.3 is 0 Å². The van der Waals surface area contributed by atoms with Crippen LogP contribution in [0.5, 0.6) is 0 Å². The van der Waals surface area contributed by atoms with E-state index in [2.05, 4.69) is 4.98 Å². The first kappa shape index (κ1) is 7.76. The zero-order valence-corrected chi connectivity index (χ0v) is 6.81. The van der Waals surface area contributed by atoms with Gasteiger partial charge in [-0.15, -0.1) is 0 Å². The molecule has 0 unspecified atom stereocenters. The zero-order chi connectivity index (χ0) is 8.39. The Bertz CT molecular complexity index is 253. The third kappa shape index (κ3) is 1.23. The molecule has 0 amide bonds. The maximum absolute atomic E-state index is 8.93. The summed E-state index contributed by atoms with van der Waals surface area (Å²) in [4.78, 5) is 4.01. The highest BCUT2D eigenvalue weighted by molar-refractivity contribution is 4.92. The molecule has 0 radical (unpaired) electrons. The molecule has 1 N–H and O–H groups in total. The lowest BCUT2D eigenvalue weighted by Gasteiger charge is -2.12. The van der Waals surface area contributed by atoms with Crippen molar-refractivity contribution in [3.8, 4) is 0 Å². The van der Waals surface area contributed by atoms with Crippen LogP contribution < -0.4 is 0 Å². The molecule has 0 saturated carbocycles. The van der Waals surface area contributed by atoms with Crippen molar-refractivity contribution in [1.29, 1.82) is 0 Å². The minimum Gasteiger partial charge on any atom is -0.388 e. The topological polar surface area (TPSA) is 47.3 Å². The Kier molecular flexibility index (Phi) is 2.10. The Balaban J connectivity index is 2.19. The van der Waals surface area contributed by atoms with Crippen molar-refractivity contribution < 1.29 is 9.84 Å². The monoisotopic (exact) mass is 168 g/mol. The Labute approximate surface area is 70.8 Å². The van der Waals surface area contributed by atoms with E-state index in [-0.39, 0.29) is 12.8 Å². The predicted octanol–water partition coefficient (Wildman–Crippen LogP) is 0.684. The zero-order valence-electron chi connectivity index (χ0n) is 6.81. The summed E-state index contributed by atoms with van der Waals surface area (Å²) in [5.74, 6) is 0.682. The molecule has 1 saturated heterocycles. The van der Waals surface area contributed by atoms with Gasteiger partial charge in [-0.2, -0.15) is 0 Å². The maximum atomic E-state index is 8.93. The number of rotatable bonds is 2. The van der Waals surface area contributed by atoms with E-state index in [0.717, 1.165) is 19.4 Å². The van der Waals surface area contributed by atoms with E-state index in [0.29, 0.717) is 5.82 Å². The summed E-state index contributed by atoms with van der Waals surface area (Å²) in [6, 6.07) is 0. The van der Waals surface area contributed by atoms with Crippen molar-refractivity contribution in [1.82, 2.24) is 9.55 Å². The average Bonchev–Trinajstić information content (AvgIpc) is 2.74. The molecule has 1 aromatic heterocycles. The standard InChI is InChI=1S/C8H12N2O2/c11-6-7-9-3-4-10(7)8-2-1-5-12-8/h3-4,8,11H,1-2,5-6H2/t8-/m1/s1. The van der Waals surface area contributed by atoms with Crippen molar-refractivity contribution in [3.63, 3.8) is 0 Å². The van der Waals surface area contributed by atoms with Gasteiger partial charge in [-0.3, -0.25) is 0 Å². The quantitative estimate of drug-likeness (QED) is 0.706. The van der Waals surface area contributed by atoms with E-state index in [4.69, 9.17) is 9.84 Å². The summed E-state index contributed by atoms with van der Waals surface area (Å²) in [5.41, 5.74) is 0. The number of aliphatic hydroxyl groups excluding tert-OH is 1. The minimum atomic E-state index is -0.0210. The lowest BCUT2D eigenvalue weighted by atomic mass is 10.3. The lowest BCUT2D eigenvalue weighted by molar-refractivity contribution is 0.0511. The van der Waals surface area contributed by atoms with Gasteiger partial charge < -0.3 is 14.4 Å². The van der Waals surface area contributed by atoms with Crippen LogP contribution in [0, 0.1) is 0 Å². The summed E-state index contributed by atoms with van der Waals surface area (Å²) in [5, 5.41) is 8.93. The average molecular weight is 168 g/mol. The van der Waals surface area contributed by atoms with Crippen LogP contribution in [0.3, 0.4) is 0 Å². The van der Waals surface area contributed by atoms with Gasteiger partial charge in [0.25, 0.3) is 0 Å². The van der Waals surface area contributed by atoms with Crippen LogP contribution in [0.4, 0.5) is 0 Å². The van der Waals surface area contributed by atoms with E-state index in [1.54, 1.807) is 6.20 Å². The molecule has 12 heavy (non-hydrogen) atoms. The molecule has 4 nitrogen and oxygen atoms in total. The number of nitrogens with zero attached hydrogens (tertiary/aromatic N) is 2. The van der Waals surface area contributed by atoms with Crippen molar-refractivity contribution in [2.75, 3.05) is 6.61 Å². The van der Waals surface area contributed by atoms with Gasteiger partial charge in [-0.1, -0.05) is 0 Å². The molecule has 0 bridgehead atoms. The summed E-state index contributed by atoms with van der Waals surface area (Å²) >= 11 is 0. The number of imidazole rings is 1. The maximum Gasteiger partial charge on any atom is 0.136 e. The normalized spacial score (nSPS) is 23.2. The number of aromatic nitrogens is 2. The molecule has 4 heteroatoms. The van der Waals surface area contributed by atoms with E-state index in [9.17, 15) is 0 Å². The fourth-order valence-electron chi connectivity index (χ4n) is 1.51. The Morgan fingerprint density at radius 1 is 1.75 bits per heavy atom. The molecule has 0 aromatic carbocycles. The second kappa shape index (κ2) is 3.25. The van der Waals surface area contributed by atoms with Crippen LogP contribution in [0.1, 0.15) is 24.9 Å². The Morgan fingerprint density at radius 2 is 2.67 bits per heavy atom. The van der Waals surface area contributed by atoms with Crippen molar-refractivity contribution in [2.45, 2.75) is 25.7 Å². The molecule has 66 valence electrons. The number of ether oxygens (including phenoxy) is 1. The smallest absolute Gasteiger partial charge is 0.136 e. The molecule has 1 aliphatic heterocycles. The van der Waals surface area contributed by atoms with Crippen LogP contribution in [0.15, 0.2) is 12.4 Å². The van der Waals surface area contributed by atoms with Gasteiger partial charge in [0.05, 0.1) is 0 Å². The van der Waals surface area contributed by atoms with Crippen molar-refractivity contribution >= 4 is 0 Å². The number of aliphatic hydroxyl groups is 1. The SMILES string of the molecule is OCc1nccn1[C@H]1CCCO1. The molecule has 1 aliphatic rings. The highest BCUT2D eigenvalue weighted by Gasteiger charge is 2.18. The summed E-state index contributed by atoms with van der Waals surface area (Å²) < 4.78 is 7.35. The second-order valence-electron chi connectivity index (χ2n) is 2.88. The molecule has 1 aromatic rings. The van der Waals surface area contributed by atoms with Gasteiger partial charge in [0.1, 0.15) is 18.7 Å². The Hall–Kier alpha value is -0.870. The minimum absolute atomic E-state index is 0.0210. The fourth-order valence-corrected chi connectivity index (χ4v) is 1.51. The Morgan fingerprint density at radius 3 is 3.33 bits per heavy atom. The van der Waals surface area contributed by atoms with Crippen molar-refractivity contribution in [2.24, 2.45) is 0 Å². The lowest BCUT2D eigenvalue weighted by Crippen LogP contribution is -2.10.